The molecule has 0 radical (unpaired) electrons. The van der Waals surface area contributed by atoms with Crippen LogP contribution in [0.3, 0.4) is 0 Å². The highest BCUT2D eigenvalue weighted by atomic mass is 35.5. The fourth-order valence-corrected chi connectivity index (χ4v) is 11.0. The number of hydrogen-bond acceptors (Lipinski definition) is 14. The van der Waals surface area contributed by atoms with Gasteiger partial charge in [0.05, 0.1) is 34.8 Å². The SMILES string of the molecule is CN1CCN=C1c1ccc(NCc2ccc(Cl)cc2C(=O)Nc2ccc(Cl)cn2)cc1.N=C(c1ccc(NCc2ccccc2C(=O)Nc2ccc(Cl)cn2)cc1)N1CCCCC1.N=C(c1ccc(NCc2ccccc2C(=O)Nc2ccc(Cl)cn2)cc1)N1CCOCC1. The van der Waals surface area contributed by atoms with Gasteiger partial charge >= 0.3 is 0 Å². The van der Waals surface area contributed by atoms with Crippen LogP contribution in [0.1, 0.15) is 83.7 Å². The molecule has 0 saturated carbocycles. The monoisotopic (exact) mass is 1350 g/mol. The standard InChI is InChI=1S/C25H26ClN5O.C24H24ClN5O2.C23H21Cl2N5O/c26-20-10-13-23(29-17-20)30-25(32)22-7-3-2-6-19(22)16-28-21-11-8-18(9-12-21)24(27)31-14-4-1-5-15-31;25-19-7-10-22(28-16-19)29-24(31)21-4-2-1-3-18(21)15-27-20-8-5-17(6-9-20)23(26)30-11-13-32-14-12-30;1-30-11-10-26-22(30)15-3-7-19(8-4-15)27-13-16-2-5-17(24)12-20(16)23(31)29-21-9-6-18(25)14-28-21/h2-3,6-13,17,27-28H,1,4-5,14-16H2,(H,29,30,32);1-10,16,26-27H,11-15H2,(H,28,29,31);2-9,12,14,27H,10-11,13H2,1H3,(H,28,29,31). The van der Waals surface area contributed by atoms with Crippen molar-refractivity contribution >= 4 is 116 Å². The van der Waals surface area contributed by atoms with Gasteiger partial charge < -0.3 is 51.3 Å². The lowest BCUT2D eigenvalue weighted by molar-refractivity contribution is 0.0680. The lowest BCUT2D eigenvalue weighted by atomic mass is 10.1. The van der Waals surface area contributed by atoms with Gasteiger partial charge in [0, 0.05) is 133 Å². The molecule has 3 amide bonds. The fraction of sp³-hybridized carbons (Fsp3) is 0.208. The molecule has 0 bridgehead atoms. The number of aromatic nitrogens is 3. The number of nitrogens with one attached hydrogen (secondary N) is 8. The Morgan fingerprint density at radius 2 is 0.853 bits per heavy atom. The average Bonchev–Trinajstić information content (AvgIpc) is 1.34. The molecular weight excluding hydrogens is 1280 g/mol. The first-order chi connectivity index (χ1) is 46.2. The topological polar surface area (TPSA) is 241 Å². The molecule has 2 saturated heterocycles. The number of aliphatic imine (C=N–C) groups is 1. The summed E-state index contributed by atoms with van der Waals surface area (Å²) in [6.07, 6.45) is 8.04. The first-order valence-corrected chi connectivity index (χ1v) is 32.5. The number of pyridine rings is 3. The number of carbonyl (C=O) groups excluding carboxylic acids is 3. The third-order valence-corrected chi connectivity index (χ3v) is 16.6. The lowest BCUT2D eigenvalue weighted by Gasteiger charge is -2.29. The number of likely N-dealkylation sites (tertiary alicyclic amines) is 1. The summed E-state index contributed by atoms with van der Waals surface area (Å²) < 4.78 is 5.36. The fourth-order valence-electron chi connectivity index (χ4n) is 10.5. The zero-order valence-corrected chi connectivity index (χ0v) is 55.2. The second-order valence-corrected chi connectivity index (χ2v) is 24.1. The molecule has 6 aromatic carbocycles. The number of amidine groups is 3. The summed E-state index contributed by atoms with van der Waals surface area (Å²) in [4.78, 5) is 61.5. The van der Waals surface area contributed by atoms with Gasteiger partial charge in [-0.2, -0.15) is 0 Å². The van der Waals surface area contributed by atoms with E-state index in [4.69, 9.17) is 62.0 Å². The molecule has 3 aliphatic rings. The van der Waals surface area contributed by atoms with Crippen molar-refractivity contribution in [2.75, 3.05) is 91.4 Å². The zero-order valence-electron chi connectivity index (χ0n) is 52.2. The van der Waals surface area contributed by atoms with E-state index in [0.717, 1.165) is 108 Å². The van der Waals surface area contributed by atoms with E-state index in [-0.39, 0.29) is 17.7 Å². The van der Waals surface area contributed by atoms with Crippen molar-refractivity contribution in [1.29, 1.82) is 10.8 Å². The summed E-state index contributed by atoms with van der Waals surface area (Å²) in [5.41, 5.74) is 9.89. The predicted molar refractivity (Wildman–Crippen MR) is 383 cm³/mol. The summed E-state index contributed by atoms with van der Waals surface area (Å²) in [6.45, 7) is 7.94. The van der Waals surface area contributed by atoms with Crippen LogP contribution < -0.4 is 31.9 Å². The van der Waals surface area contributed by atoms with E-state index in [9.17, 15) is 14.4 Å². The minimum absolute atomic E-state index is 0.220. The van der Waals surface area contributed by atoms with E-state index in [2.05, 4.69) is 61.6 Å². The van der Waals surface area contributed by atoms with Crippen LogP contribution in [-0.2, 0) is 24.4 Å². The number of nitrogens with zero attached hydrogens (tertiary/aromatic N) is 7. The number of rotatable bonds is 18. The van der Waals surface area contributed by atoms with Crippen molar-refractivity contribution in [3.63, 3.8) is 0 Å². The van der Waals surface area contributed by atoms with Crippen molar-refractivity contribution in [3.05, 3.63) is 265 Å². The van der Waals surface area contributed by atoms with Gasteiger partial charge in [-0.15, -0.1) is 0 Å². The Hall–Kier alpha value is -9.89. The number of carbonyl (C=O) groups is 3. The van der Waals surface area contributed by atoms with Crippen LogP contribution in [0.4, 0.5) is 34.5 Å². The molecule has 9 aromatic rings. The van der Waals surface area contributed by atoms with E-state index in [1.807, 2.05) is 127 Å². The quantitative estimate of drug-likeness (QED) is 0.0295. The van der Waals surface area contributed by atoms with Crippen molar-refractivity contribution in [2.45, 2.75) is 38.9 Å². The van der Waals surface area contributed by atoms with Crippen molar-refractivity contribution in [2.24, 2.45) is 4.99 Å². The van der Waals surface area contributed by atoms with Crippen LogP contribution in [0.5, 0.6) is 0 Å². The third kappa shape index (κ3) is 19.6. The van der Waals surface area contributed by atoms with Gasteiger partial charge in [-0.3, -0.25) is 30.2 Å². The Kier molecular flexibility index (Phi) is 24.2. The van der Waals surface area contributed by atoms with E-state index >= 15 is 0 Å². The number of ether oxygens (including phenoxy) is 1. The molecule has 0 unspecified atom stereocenters. The first-order valence-electron chi connectivity index (χ1n) is 31.0. The highest BCUT2D eigenvalue weighted by Gasteiger charge is 2.20. The molecule has 95 heavy (non-hydrogen) atoms. The van der Waals surface area contributed by atoms with Gasteiger partial charge in [0.1, 0.15) is 35.0 Å². The molecule has 12 rings (SSSR count). The minimum Gasteiger partial charge on any atom is -0.381 e. The number of amides is 3. The molecule has 0 spiro atoms. The Morgan fingerprint density at radius 3 is 1.27 bits per heavy atom. The summed E-state index contributed by atoms with van der Waals surface area (Å²) in [5.74, 6) is 2.70. The van der Waals surface area contributed by atoms with Gasteiger partial charge in [0.2, 0.25) is 0 Å². The van der Waals surface area contributed by atoms with Crippen LogP contribution >= 0.6 is 46.4 Å². The molecule has 6 heterocycles. The predicted octanol–water partition coefficient (Wildman–Crippen LogP) is 14.6. The molecule has 19 nitrogen and oxygen atoms in total. The zero-order chi connectivity index (χ0) is 66.5. The molecule has 3 aromatic heterocycles. The lowest BCUT2D eigenvalue weighted by Crippen LogP contribution is -2.40. The molecule has 3 aliphatic heterocycles. The van der Waals surface area contributed by atoms with Crippen LogP contribution in [0, 0.1) is 10.8 Å². The number of morpholine rings is 1. The summed E-state index contributed by atoms with van der Waals surface area (Å²) in [6, 6.07) is 54.0. The normalized spacial score (nSPS) is 13.4. The van der Waals surface area contributed by atoms with Crippen molar-refractivity contribution < 1.29 is 19.1 Å². The Bertz CT molecular complexity index is 3940. The van der Waals surface area contributed by atoms with Crippen LogP contribution in [0.15, 0.2) is 200 Å². The van der Waals surface area contributed by atoms with Crippen LogP contribution in [0.25, 0.3) is 0 Å². The van der Waals surface area contributed by atoms with Gasteiger partial charge in [-0.1, -0.05) is 88.9 Å². The van der Waals surface area contributed by atoms with Gasteiger partial charge in [0.25, 0.3) is 17.7 Å². The number of anilines is 6. The molecule has 0 atom stereocenters. The van der Waals surface area contributed by atoms with E-state index < -0.39 is 0 Å². The van der Waals surface area contributed by atoms with E-state index in [1.165, 1.54) is 25.0 Å². The van der Waals surface area contributed by atoms with Crippen molar-refractivity contribution in [1.82, 2.24) is 29.7 Å². The summed E-state index contributed by atoms with van der Waals surface area (Å²) >= 11 is 23.7. The Balaban J connectivity index is 0.000000155. The Morgan fingerprint density at radius 1 is 0.453 bits per heavy atom. The summed E-state index contributed by atoms with van der Waals surface area (Å²) in [7, 11) is 2.05. The second kappa shape index (κ2) is 33.8. The smallest absolute Gasteiger partial charge is 0.257 e. The molecule has 23 heteroatoms. The van der Waals surface area contributed by atoms with E-state index in [1.54, 1.807) is 60.7 Å². The molecule has 486 valence electrons. The Labute approximate surface area is 572 Å². The third-order valence-electron chi connectivity index (χ3n) is 15.7. The van der Waals surface area contributed by atoms with Gasteiger partial charge in [-0.25, -0.2) is 15.0 Å². The van der Waals surface area contributed by atoms with E-state index in [0.29, 0.717) is 98.8 Å². The average molecular weight is 1350 g/mol. The maximum Gasteiger partial charge on any atom is 0.257 e. The highest BCUT2D eigenvalue weighted by Crippen LogP contribution is 2.24. The number of likely N-dealkylation sites (N-methyl/N-ethyl adjacent to an activating group) is 1. The second-order valence-electron chi connectivity index (χ2n) is 22.3. The van der Waals surface area contributed by atoms with Gasteiger partial charge in [-0.05, 0) is 169 Å². The first kappa shape index (κ1) is 68.0. The van der Waals surface area contributed by atoms with Gasteiger partial charge in [0.15, 0.2) is 0 Å². The highest BCUT2D eigenvalue weighted by molar-refractivity contribution is 6.31. The van der Waals surface area contributed by atoms with Crippen LogP contribution in [-0.4, -0.2) is 124 Å². The number of benzene rings is 6. The largest absolute Gasteiger partial charge is 0.381 e. The molecule has 2 fully saturated rings. The maximum absolute atomic E-state index is 12.8. The number of piperidine rings is 1. The van der Waals surface area contributed by atoms with Crippen molar-refractivity contribution in [3.8, 4) is 0 Å². The molecule has 8 N–H and O–H groups in total. The maximum atomic E-state index is 12.8. The molecule has 0 aliphatic carbocycles. The van der Waals surface area contributed by atoms with Crippen LogP contribution in [0.2, 0.25) is 20.1 Å². The summed E-state index contributed by atoms with van der Waals surface area (Å²) in [5, 5.41) is 37.4. The number of halogens is 4. The molecular formula is C72H71Cl4N15O4. The minimum atomic E-state index is -0.285. The number of hydrogen-bond donors (Lipinski definition) is 8.